The molecule has 3 N–H and O–H groups in total. The van der Waals surface area contributed by atoms with E-state index in [1.54, 1.807) is 6.08 Å². The van der Waals surface area contributed by atoms with Crippen LogP contribution in [0.4, 0.5) is 0 Å². The molecule has 0 aliphatic rings. The number of carbonyl (C=O) groups is 1. The second-order valence-electron chi connectivity index (χ2n) is 21.3. The van der Waals surface area contributed by atoms with Crippen LogP contribution in [0.25, 0.3) is 0 Å². The Labute approximate surface area is 434 Å². The number of hydrogen-bond acceptors (Lipinski definition) is 5. The molecular weight excluding hydrogens is 888 g/mol. The summed E-state index contributed by atoms with van der Waals surface area (Å²) in [4.78, 5) is 23.3. The summed E-state index contributed by atoms with van der Waals surface area (Å²) in [6, 6.07) is -0.863. The maximum absolute atomic E-state index is 12.9. The number of phosphoric acid groups is 1. The standard InChI is InChI=1S/C61H115N2O6P/c1-6-8-10-12-14-16-18-20-22-24-25-26-27-28-29-30-31-32-33-34-35-36-37-39-40-42-44-46-48-50-52-54-60(64)59(58-69-70(66,67)68-57-56-63(3,4)5)62-61(65)55-53-51-49-47-45-43-41-38-23-21-19-17-15-13-11-9-7-2/h9,11,15,17,21,23,41,43,52,54,59-60,64H,6-8,10,12-14,16,18-20,22,24-40,42,44-51,53,55-58H2,1-5H3,(H-,62,65,66,67)/p+1/b11-9-,17-15-,23-21-,43-41-,54-52+. The summed E-state index contributed by atoms with van der Waals surface area (Å²) in [5.41, 5.74) is 0. The highest BCUT2D eigenvalue weighted by Crippen LogP contribution is 2.43. The van der Waals surface area contributed by atoms with Gasteiger partial charge < -0.3 is 19.8 Å². The maximum Gasteiger partial charge on any atom is 0.472 e. The lowest BCUT2D eigenvalue weighted by molar-refractivity contribution is -0.870. The summed E-state index contributed by atoms with van der Waals surface area (Å²) in [6.07, 6.45) is 70.6. The molecule has 0 saturated carbocycles. The molecule has 0 spiro atoms. The number of rotatable bonds is 54. The number of unbranched alkanes of at least 4 members (excludes halogenated alkanes) is 33. The van der Waals surface area contributed by atoms with Crippen molar-refractivity contribution >= 4 is 13.7 Å². The molecule has 1 amide bonds. The minimum absolute atomic E-state index is 0.0543. The molecule has 0 rings (SSSR count). The van der Waals surface area contributed by atoms with Gasteiger partial charge in [-0.2, -0.15) is 0 Å². The average Bonchev–Trinajstić information content (AvgIpc) is 3.32. The van der Waals surface area contributed by atoms with Gasteiger partial charge in [0.2, 0.25) is 5.91 Å². The number of amides is 1. The summed E-state index contributed by atoms with van der Waals surface area (Å²) in [5.74, 6) is -0.199. The first-order chi connectivity index (χ1) is 34.0. The second kappa shape index (κ2) is 52.1. The van der Waals surface area contributed by atoms with E-state index in [1.165, 1.54) is 173 Å². The molecule has 0 aromatic heterocycles. The number of phosphoric ester groups is 1. The van der Waals surface area contributed by atoms with E-state index < -0.39 is 20.0 Å². The van der Waals surface area contributed by atoms with E-state index >= 15 is 0 Å². The predicted molar refractivity (Wildman–Crippen MR) is 304 cm³/mol. The summed E-state index contributed by atoms with van der Waals surface area (Å²) in [5, 5.41) is 13.9. The first-order valence-electron chi connectivity index (χ1n) is 29.7. The Bertz CT molecular complexity index is 1320. The number of allylic oxidation sites excluding steroid dienone is 9. The van der Waals surface area contributed by atoms with Gasteiger partial charge in [0.25, 0.3) is 0 Å². The van der Waals surface area contributed by atoms with Gasteiger partial charge in [-0.1, -0.05) is 267 Å². The lowest BCUT2D eigenvalue weighted by Gasteiger charge is -2.25. The molecule has 3 unspecified atom stereocenters. The van der Waals surface area contributed by atoms with Crippen molar-refractivity contribution in [1.29, 1.82) is 0 Å². The molecular formula is C61H116N2O6P+. The van der Waals surface area contributed by atoms with E-state index in [4.69, 9.17) is 9.05 Å². The lowest BCUT2D eigenvalue weighted by Crippen LogP contribution is -2.45. The Hall–Kier alpha value is -1.80. The molecule has 8 nitrogen and oxygen atoms in total. The van der Waals surface area contributed by atoms with Gasteiger partial charge >= 0.3 is 7.82 Å². The van der Waals surface area contributed by atoms with Crippen molar-refractivity contribution in [1.82, 2.24) is 5.32 Å². The van der Waals surface area contributed by atoms with E-state index in [-0.39, 0.29) is 19.1 Å². The highest BCUT2D eigenvalue weighted by Gasteiger charge is 2.27. The quantitative estimate of drug-likeness (QED) is 0.0243. The lowest BCUT2D eigenvalue weighted by atomic mass is 10.0. The molecule has 410 valence electrons. The minimum Gasteiger partial charge on any atom is -0.387 e. The van der Waals surface area contributed by atoms with Crippen LogP contribution in [0.5, 0.6) is 0 Å². The monoisotopic (exact) mass is 1000 g/mol. The summed E-state index contributed by atoms with van der Waals surface area (Å²) < 4.78 is 23.7. The number of nitrogens with one attached hydrogen (secondary N) is 1. The molecule has 70 heavy (non-hydrogen) atoms. The van der Waals surface area contributed by atoms with Crippen LogP contribution < -0.4 is 5.32 Å². The van der Waals surface area contributed by atoms with Crippen LogP contribution in [-0.2, 0) is 18.4 Å². The van der Waals surface area contributed by atoms with Crippen LogP contribution in [0.15, 0.2) is 60.8 Å². The maximum atomic E-state index is 12.9. The summed E-state index contributed by atoms with van der Waals surface area (Å²) in [7, 11) is 1.55. The molecule has 0 aliphatic carbocycles. The molecule has 0 bridgehead atoms. The predicted octanol–water partition coefficient (Wildman–Crippen LogP) is 18.1. The van der Waals surface area contributed by atoms with Gasteiger partial charge in [-0.05, 0) is 57.8 Å². The van der Waals surface area contributed by atoms with E-state index in [0.717, 1.165) is 77.0 Å². The smallest absolute Gasteiger partial charge is 0.387 e. The van der Waals surface area contributed by atoms with Crippen molar-refractivity contribution in [2.24, 2.45) is 0 Å². The van der Waals surface area contributed by atoms with E-state index in [0.29, 0.717) is 17.4 Å². The minimum atomic E-state index is -4.36. The molecule has 3 atom stereocenters. The zero-order valence-electron chi connectivity index (χ0n) is 46.8. The molecule has 9 heteroatoms. The van der Waals surface area contributed by atoms with Crippen LogP contribution in [0.1, 0.15) is 271 Å². The highest BCUT2D eigenvalue weighted by molar-refractivity contribution is 7.47. The second-order valence-corrected chi connectivity index (χ2v) is 22.8. The van der Waals surface area contributed by atoms with Gasteiger partial charge in [-0.15, -0.1) is 0 Å². The molecule has 0 fully saturated rings. The number of carbonyl (C=O) groups excluding carboxylic acids is 1. The fourth-order valence-corrected chi connectivity index (χ4v) is 9.36. The molecule has 0 heterocycles. The number of hydrogen-bond donors (Lipinski definition) is 3. The highest BCUT2D eigenvalue weighted by atomic mass is 31.2. The van der Waals surface area contributed by atoms with Crippen molar-refractivity contribution in [2.75, 3.05) is 40.9 Å². The van der Waals surface area contributed by atoms with Gasteiger partial charge in [0.1, 0.15) is 13.2 Å². The number of nitrogens with zero attached hydrogens (tertiary/aromatic N) is 1. The molecule has 0 aromatic rings. The Kier molecular flexibility index (Phi) is 50.7. The Morgan fingerprint density at radius 3 is 1.26 bits per heavy atom. The van der Waals surface area contributed by atoms with Crippen molar-refractivity contribution in [3.8, 4) is 0 Å². The third-order valence-corrected chi connectivity index (χ3v) is 14.2. The first-order valence-corrected chi connectivity index (χ1v) is 31.2. The number of likely N-dealkylation sites (N-methyl/N-ethyl adjacent to an activating group) is 1. The van der Waals surface area contributed by atoms with Gasteiger partial charge in [0.05, 0.1) is 39.9 Å². The third kappa shape index (κ3) is 54.0. The van der Waals surface area contributed by atoms with Crippen molar-refractivity contribution in [3.05, 3.63) is 60.8 Å². The largest absolute Gasteiger partial charge is 0.472 e. The van der Waals surface area contributed by atoms with Crippen molar-refractivity contribution in [2.45, 2.75) is 283 Å². The van der Waals surface area contributed by atoms with Crippen LogP contribution in [0.2, 0.25) is 0 Å². The third-order valence-electron chi connectivity index (χ3n) is 13.2. The fraction of sp³-hybridized carbons (Fsp3) is 0.820. The Morgan fingerprint density at radius 2 is 0.857 bits per heavy atom. The number of aliphatic hydroxyl groups is 1. The fourth-order valence-electron chi connectivity index (χ4n) is 8.62. The van der Waals surface area contributed by atoms with Crippen LogP contribution in [-0.4, -0.2) is 73.4 Å². The zero-order chi connectivity index (χ0) is 51.3. The van der Waals surface area contributed by atoms with Crippen molar-refractivity contribution in [3.63, 3.8) is 0 Å². The topological polar surface area (TPSA) is 105 Å². The average molecular weight is 1000 g/mol. The zero-order valence-corrected chi connectivity index (χ0v) is 47.7. The van der Waals surface area contributed by atoms with Crippen LogP contribution >= 0.6 is 7.82 Å². The number of quaternary nitrogens is 1. The molecule has 0 radical (unpaired) electrons. The van der Waals surface area contributed by atoms with Crippen LogP contribution in [0, 0.1) is 0 Å². The summed E-state index contributed by atoms with van der Waals surface area (Å²) in [6.45, 7) is 4.70. The normalized spacial score (nSPS) is 14.3. The molecule has 0 aliphatic heterocycles. The van der Waals surface area contributed by atoms with Crippen molar-refractivity contribution < 1.29 is 32.9 Å². The van der Waals surface area contributed by atoms with E-state index in [1.807, 2.05) is 27.2 Å². The van der Waals surface area contributed by atoms with E-state index in [9.17, 15) is 19.4 Å². The number of aliphatic hydroxyl groups excluding tert-OH is 1. The summed E-state index contributed by atoms with van der Waals surface area (Å²) >= 11 is 0. The van der Waals surface area contributed by atoms with Gasteiger partial charge in [0.15, 0.2) is 0 Å². The molecule has 0 saturated heterocycles. The first kappa shape index (κ1) is 68.2. The molecule has 0 aromatic carbocycles. The van der Waals surface area contributed by atoms with Crippen LogP contribution in [0.3, 0.4) is 0 Å². The SMILES string of the molecule is CC/C=C\C/C=C\C/C=C\C/C=C\CCCCCCC(=O)NC(COP(=O)(O)OCC[N+](C)(C)C)C(O)/C=C/CCCCCCCCCCCCCCCCCCCCCCCCCCCCCCC. The van der Waals surface area contributed by atoms with Gasteiger partial charge in [0, 0.05) is 6.42 Å². The van der Waals surface area contributed by atoms with Gasteiger partial charge in [-0.3, -0.25) is 13.8 Å². The van der Waals surface area contributed by atoms with Gasteiger partial charge in [-0.25, -0.2) is 4.57 Å². The van der Waals surface area contributed by atoms with E-state index in [2.05, 4.69) is 67.8 Å². The Balaban J connectivity index is 4.14. The Morgan fingerprint density at radius 1 is 0.500 bits per heavy atom.